The molecule has 3 rings (SSSR count). The van der Waals surface area contributed by atoms with Crippen LogP contribution in [0, 0.1) is 11.3 Å². The lowest BCUT2D eigenvalue weighted by Crippen LogP contribution is -2.41. The summed E-state index contributed by atoms with van der Waals surface area (Å²) in [6, 6.07) is 0. The minimum absolute atomic E-state index is 0.407. The molecule has 1 N–H and O–H groups in total. The van der Waals surface area contributed by atoms with Crippen molar-refractivity contribution >= 4 is 5.96 Å². The molecule has 0 aliphatic carbocycles. The lowest BCUT2D eigenvalue weighted by atomic mass is 9.87. The van der Waals surface area contributed by atoms with Gasteiger partial charge in [-0.15, -0.1) is 0 Å². The molecule has 3 saturated heterocycles. The zero-order chi connectivity index (χ0) is 16.1. The predicted molar refractivity (Wildman–Crippen MR) is 94.9 cm³/mol. The number of guanidine groups is 1. The molecule has 0 bridgehead atoms. The molecule has 0 amide bonds. The number of rotatable bonds is 4. The fourth-order valence-corrected chi connectivity index (χ4v) is 4.22. The number of nitrogens with zero attached hydrogens (tertiary/aromatic N) is 3. The van der Waals surface area contributed by atoms with Gasteiger partial charge in [0, 0.05) is 38.2 Å². The van der Waals surface area contributed by atoms with E-state index in [2.05, 4.69) is 29.1 Å². The summed E-state index contributed by atoms with van der Waals surface area (Å²) in [7, 11) is 2.23. The van der Waals surface area contributed by atoms with E-state index < -0.39 is 0 Å². The van der Waals surface area contributed by atoms with Crippen molar-refractivity contribution in [3.05, 3.63) is 0 Å². The van der Waals surface area contributed by atoms with Crippen molar-refractivity contribution in [1.29, 1.82) is 0 Å². The number of piperidine rings is 1. The van der Waals surface area contributed by atoms with Crippen molar-refractivity contribution in [2.75, 3.05) is 59.5 Å². The second kappa shape index (κ2) is 7.84. The molecule has 0 saturated carbocycles. The fraction of sp³-hybridized carbons (Fsp3) is 0.944. The van der Waals surface area contributed by atoms with Crippen LogP contribution in [0.1, 0.15) is 39.0 Å². The fourth-order valence-electron chi connectivity index (χ4n) is 4.22. The zero-order valence-corrected chi connectivity index (χ0v) is 15.0. The van der Waals surface area contributed by atoms with Gasteiger partial charge in [0.05, 0.1) is 6.61 Å². The van der Waals surface area contributed by atoms with Crippen LogP contribution in [0.25, 0.3) is 0 Å². The molecule has 132 valence electrons. The molecule has 0 aromatic heterocycles. The maximum atomic E-state index is 5.65. The van der Waals surface area contributed by atoms with Gasteiger partial charge in [0.2, 0.25) is 0 Å². The van der Waals surface area contributed by atoms with Crippen molar-refractivity contribution in [2.45, 2.75) is 39.0 Å². The lowest BCUT2D eigenvalue weighted by molar-refractivity contribution is 0.156. The standard InChI is InChI=1S/C18H34N4O/c1-3-19-17(20-9-4-16-5-10-21(2)11-6-16)22-12-7-18(14-22)8-13-23-15-18/h16H,3-15H2,1-2H3,(H,19,20). The van der Waals surface area contributed by atoms with Gasteiger partial charge < -0.3 is 19.9 Å². The highest BCUT2D eigenvalue weighted by molar-refractivity contribution is 5.80. The van der Waals surface area contributed by atoms with Crippen molar-refractivity contribution in [1.82, 2.24) is 15.1 Å². The monoisotopic (exact) mass is 322 g/mol. The number of hydrogen-bond donors (Lipinski definition) is 1. The Bertz CT molecular complexity index is 398. The Balaban J connectivity index is 1.49. The minimum atomic E-state index is 0.407. The molecule has 3 heterocycles. The minimum Gasteiger partial charge on any atom is -0.381 e. The normalized spacial score (nSPS) is 30.5. The van der Waals surface area contributed by atoms with Gasteiger partial charge in [-0.05, 0) is 65.1 Å². The highest BCUT2D eigenvalue weighted by atomic mass is 16.5. The first-order chi connectivity index (χ1) is 11.2. The second-order valence-electron chi connectivity index (χ2n) is 7.75. The summed E-state index contributed by atoms with van der Waals surface area (Å²) in [5, 5.41) is 3.50. The molecule has 3 aliphatic heterocycles. The predicted octanol–water partition coefficient (Wildman–Crippen LogP) is 1.80. The summed E-state index contributed by atoms with van der Waals surface area (Å²) in [6.07, 6.45) is 6.40. The summed E-state index contributed by atoms with van der Waals surface area (Å²) in [5.74, 6) is 2.00. The maximum Gasteiger partial charge on any atom is 0.193 e. The topological polar surface area (TPSA) is 40.1 Å². The first-order valence-electron chi connectivity index (χ1n) is 9.50. The highest BCUT2D eigenvalue weighted by Crippen LogP contribution is 2.38. The molecule has 1 unspecified atom stereocenters. The van der Waals surface area contributed by atoms with Crippen LogP contribution in [0.2, 0.25) is 0 Å². The van der Waals surface area contributed by atoms with E-state index in [4.69, 9.17) is 9.73 Å². The summed E-state index contributed by atoms with van der Waals surface area (Å²) in [4.78, 5) is 9.85. The first kappa shape index (κ1) is 17.0. The van der Waals surface area contributed by atoms with E-state index in [-0.39, 0.29) is 0 Å². The number of nitrogens with one attached hydrogen (secondary N) is 1. The van der Waals surface area contributed by atoms with Gasteiger partial charge in [0.1, 0.15) is 0 Å². The summed E-state index contributed by atoms with van der Waals surface area (Å²) in [5.41, 5.74) is 0.407. The van der Waals surface area contributed by atoms with Crippen molar-refractivity contribution in [3.8, 4) is 0 Å². The van der Waals surface area contributed by atoms with E-state index >= 15 is 0 Å². The molecule has 23 heavy (non-hydrogen) atoms. The molecule has 5 nitrogen and oxygen atoms in total. The van der Waals surface area contributed by atoms with Crippen molar-refractivity contribution in [3.63, 3.8) is 0 Å². The molecule has 0 aromatic rings. The van der Waals surface area contributed by atoms with Crippen LogP contribution >= 0.6 is 0 Å². The van der Waals surface area contributed by atoms with E-state index in [1.165, 1.54) is 45.2 Å². The average molecular weight is 322 g/mol. The molecule has 3 aliphatic rings. The van der Waals surface area contributed by atoms with Crippen molar-refractivity contribution in [2.24, 2.45) is 16.3 Å². The molecule has 1 atom stereocenters. The second-order valence-corrected chi connectivity index (χ2v) is 7.75. The van der Waals surface area contributed by atoms with Gasteiger partial charge in [-0.3, -0.25) is 4.99 Å². The van der Waals surface area contributed by atoms with Gasteiger partial charge >= 0.3 is 0 Å². The van der Waals surface area contributed by atoms with Gasteiger partial charge in [-0.25, -0.2) is 0 Å². The molecule has 1 spiro atoms. The number of aliphatic imine (C=N–C) groups is 1. The van der Waals surface area contributed by atoms with Gasteiger partial charge in [-0.1, -0.05) is 0 Å². The summed E-state index contributed by atoms with van der Waals surface area (Å²) >= 11 is 0. The molecule has 0 aromatic carbocycles. The Morgan fingerprint density at radius 2 is 2.09 bits per heavy atom. The highest BCUT2D eigenvalue weighted by Gasteiger charge is 2.42. The third-order valence-electron chi connectivity index (χ3n) is 5.89. The third-order valence-corrected chi connectivity index (χ3v) is 5.89. The Morgan fingerprint density at radius 1 is 1.26 bits per heavy atom. The van der Waals surface area contributed by atoms with E-state index in [1.54, 1.807) is 0 Å². The van der Waals surface area contributed by atoms with Crippen LogP contribution in [-0.4, -0.2) is 75.3 Å². The summed E-state index contributed by atoms with van der Waals surface area (Å²) in [6.45, 7) is 10.7. The third kappa shape index (κ3) is 4.38. The molecular formula is C18H34N4O. The van der Waals surface area contributed by atoms with E-state index in [9.17, 15) is 0 Å². The van der Waals surface area contributed by atoms with Gasteiger partial charge in [0.15, 0.2) is 5.96 Å². The summed E-state index contributed by atoms with van der Waals surface area (Å²) < 4.78 is 5.65. The SMILES string of the molecule is CCNC(=NCCC1CCN(C)CC1)N1CCC2(CCOC2)C1. The molecule has 0 radical (unpaired) electrons. The maximum absolute atomic E-state index is 5.65. The zero-order valence-electron chi connectivity index (χ0n) is 15.0. The lowest BCUT2D eigenvalue weighted by Gasteiger charge is -2.29. The van der Waals surface area contributed by atoms with Gasteiger partial charge in [-0.2, -0.15) is 0 Å². The Hall–Kier alpha value is -0.810. The van der Waals surface area contributed by atoms with Crippen LogP contribution < -0.4 is 5.32 Å². The molecular weight excluding hydrogens is 288 g/mol. The smallest absolute Gasteiger partial charge is 0.193 e. The number of likely N-dealkylation sites (tertiary alicyclic amines) is 2. The quantitative estimate of drug-likeness (QED) is 0.633. The van der Waals surface area contributed by atoms with Crippen molar-refractivity contribution < 1.29 is 4.74 Å². The van der Waals surface area contributed by atoms with Gasteiger partial charge in [0.25, 0.3) is 0 Å². The average Bonchev–Trinajstić information content (AvgIpc) is 3.19. The largest absolute Gasteiger partial charge is 0.381 e. The molecule has 3 fully saturated rings. The van der Waals surface area contributed by atoms with E-state index in [0.717, 1.165) is 51.3 Å². The number of hydrogen-bond acceptors (Lipinski definition) is 3. The number of ether oxygens (including phenoxy) is 1. The molecule has 5 heteroatoms. The van der Waals surface area contributed by atoms with Crippen LogP contribution in [0.3, 0.4) is 0 Å². The Kier molecular flexibility index (Phi) is 5.81. The van der Waals surface area contributed by atoms with Crippen LogP contribution in [-0.2, 0) is 4.74 Å². The van der Waals surface area contributed by atoms with E-state index in [0.29, 0.717) is 5.41 Å². The van der Waals surface area contributed by atoms with Crippen LogP contribution in [0.4, 0.5) is 0 Å². The Labute approximate surface area is 141 Å². The van der Waals surface area contributed by atoms with Crippen LogP contribution in [0.5, 0.6) is 0 Å². The first-order valence-corrected chi connectivity index (χ1v) is 9.50. The van der Waals surface area contributed by atoms with Crippen LogP contribution in [0.15, 0.2) is 4.99 Å². The Morgan fingerprint density at radius 3 is 2.78 bits per heavy atom. The van der Waals surface area contributed by atoms with E-state index in [1.807, 2.05) is 0 Å².